The van der Waals surface area contributed by atoms with Crippen molar-refractivity contribution in [2.24, 2.45) is 0 Å². The number of aromatic carboxylic acids is 1. The molecule has 0 radical (unpaired) electrons. The van der Waals surface area contributed by atoms with Gasteiger partial charge in [-0.3, -0.25) is 10.1 Å². The van der Waals surface area contributed by atoms with Crippen LogP contribution >= 0.6 is 27.5 Å². The minimum Gasteiger partial charge on any atom is -0.478 e. The summed E-state index contributed by atoms with van der Waals surface area (Å²) in [6.07, 6.45) is 0.974. The molecule has 108 valence electrons. The monoisotopic (exact) mass is 371 g/mol. The first-order valence-corrected chi connectivity index (χ1v) is 6.65. The SMILES string of the molecule is O=C(O)c1cc([N+](=O)[O-])cnc1Nc1ccc(Br)cc1Cl. The lowest BCUT2D eigenvalue weighted by Gasteiger charge is -2.10. The smallest absolute Gasteiger partial charge is 0.339 e. The number of benzene rings is 1. The first kappa shape index (κ1) is 15.2. The third-order valence-electron chi connectivity index (χ3n) is 2.50. The second-order valence-electron chi connectivity index (χ2n) is 3.90. The number of nitrogens with zero attached hydrogens (tertiary/aromatic N) is 2. The van der Waals surface area contributed by atoms with Crippen LogP contribution in [0.4, 0.5) is 17.2 Å². The third kappa shape index (κ3) is 3.47. The Morgan fingerprint density at radius 2 is 2.14 bits per heavy atom. The minimum atomic E-state index is -1.33. The van der Waals surface area contributed by atoms with Gasteiger partial charge in [-0.15, -0.1) is 0 Å². The average Bonchev–Trinajstić information content (AvgIpc) is 2.41. The molecule has 21 heavy (non-hydrogen) atoms. The van der Waals surface area contributed by atoms with E-state index in [1.165, 1.54) is 0 Å². The van der Waals surface area contributed by atoms with Crippen LogP contribution in [0.15, 0.2) is 34.9 Å². The molecule has 0 aliphatic rings. The Balaban J connectivity index is 2.44. The van der Waals surface area contributed by atoms with Crippen LogP contribution < -0.4 is 5.32 Å². The van der Waals surface area contributed by atoms with Crippen molar-refractivity contribution in [2.45, 2.75) is 0 Å². The predicted molar refractivity (Wildman–Crippen MR) is 80.3 cm³/mol. The van der Waals surface area contributed by atoms with Crippen LogP contribution in [0.5, 0.6) is 0 Å². The van der Waals surface area contributed by atoms with Crippen LogP contribution in [0.25, 0.3) is 0 Å². The summed E-state index contributed by atoms with van der Waals surface area (Å²) in [5, 5.41) is 22.9. The molecule has 2 N–H and O–H groups in total. The molecule has 0 aliphatic carbocycles. The number of carboxylic acids is 1. The number of carboxylic acid groups (broad SMARTS) is 1. The number of nitro groups is 1. The lowest BCUT2D eigenvalue weighted by Crippen LogP contribution is -2.06. The fourth-order valence-electron chi connectivity index (χ4n) is 1.53. The summed E-state index contributed by atoms with van der Waals surface area (Å²) >= 11 is 9.27. The molecule has 2 aromatic rings. The lowest BCUT2D eigenvalue weighted by atomic mass is 10.2. The lowest BCUT2D eigenvalue weighted by molar-refractivity contribution is -0.385. The van der Waals surface area contributed by atoms with E-state index in [0.717, 1.165) is 16.7 Å². The first-order valence-electron chi connectivity index (χ1n) is 5.48. The summed E-state index contributed by atoms with van der Waals surface area (Å²) < 4.78 is 0.758. The van der Waals surface area contributed by atoms with E-state index in [9.17, 15) is 14.9 Å². The highest BCUT2D eigenvalue weighted by Crippen LogP contribution is 2.29. The van der Waals surface area contributed by atoms with Crippen molar-refractivity contribution in [3.05, 3.63) is 55.6 Å². The summed E-state index contributed by atoms with van der Waals surface area (Å²) in [5.41, 5.74) is -0.285. The standard InChI is InChI=1S/C12H7BrClN3O4/c13-6-1-2-10(9(14)3-6)16-11-8(12(18)19)4-7(5-15-11)17(20)21/h1-5H,(H,15,16)(H,18,19). The highest BCUT2D eigenvalue weighted by Gasteiger charge is 2.18. The van der Waals surface area contributed by atoms with Crippen molar-refractivity contribution in [1.82, 2.24) is 4.98 Å². The van der Waals surface area contributed by atoms with Crippen molar-refractivity contribution >= 4 is 50.7 Å². The molecule has 0 bridgehead atoms. The van der Waals surface area contributed by atoms with Crippen LogP contribution in [0.2, 0.25) is 5.02 Å². The molecule has 0 amide bonds. The third-order valence-corrected chi connectivity index (χ3v) is 3.30. The van der Waals surface area contributed by atoms with Crippen molar-refractivity contribution in [1.29, 1.82) is 0 Å². The van der Waals surface area contributed by atoms with Crippen molar-refractivity contribution in [2.75, 3.05) is 5.32 Å². The number of carbonyl (C=O) groups is 1. The van der Waals surface area contributed by atoms with Gasteiger partial charge in [-0.2, -0.15) is 0 Å². The average molecular weight is 373 g/mol. The maximum Gasteiger partial charge on any atom is 0.339 e. The van der Waals surface area contributed by atoms with Gasteiger partial charge in [0, 0.05) is 10.5 Å². The van der Waals surface area contributed by atoms with Gasteiger partial charge in [-0.1, -0.05) is 27.5 Å². The molecule has 0 atom stereocenters. The molecule has 0 aliphatic heterocycles. The molecule has 1 aromatic heterocycles. The molecule has 9 heteroatoms. The Morgan fingerprint density at radius 1 is 1.43 bits per heavy atom. The number of pyridine rings is 1. The quantitative estimate of drug-likeness (QED) is 0.624. The second kappa shape index (κ2) is 6.06. The molecule has 0 saturated carbocycles. The number of halogens is 2. The molecule has 2 rings (SSSR count). The first-order chi connectivity index (χ1) is 9.88. The van der Waals surface area contributed by atoms with Crippen molar-refractivity contribution in [3.8, 4) is 0 Å². The Bertz CT molecular complexity index is 738. The number of anilines is 2. The summed E-state index contributed by atoms with van der Waals surface area (Å²) in [6, 6.07) is 5.89. The van der Waals surface area contributed by atoms with Gasteiger partial charge in [0.05, 0.1) is 15.6 Å². The number of hydrogen-bond donors (Lipinski definition) is 2. The van der Waals surface area contributed by atoms with Crippen LogP contribution in [-0.2, 0) is 0 Å². The molecular formula is C12H7BrClN3O4. The molecule has 0 unspecified atom stereocenters. The summed E-state index contributed by atoms with van der Waals surface area (Å²) in [5.74, 6) is -1.36. The fraction of sp³-hybridized carbons (Fsp3) is 0. The predicted octanol–water partition coefficient (Wildman–Crippen LogP) is 3.85. The molecule has 0 saturated heterocycles. The molecule has 1 heterocycles. The summed E-state index contributed by atoms with van der Waals surface area (Å²) in [6.45, 7) is 0. The normalized spacial score (nSPS) is 10.2. The van der Waals surface area contributed by atoms with Gasteiger partial charge in [-0.05, 0) is 18.2 Å². The Hall–Kier alpha value is -2.19. The van der Waals surface area contributed by atoms with E-state index >= 15 is 0 Å². The number of rotatable bonds is 4. The molecular weight excluding hydrogens is 366 g/mol. The number of hydrogen-bond acceptors (Lipinski definition) is 5. The summed E-state index contributed by atoms with van der Waals surface area (Å²) in [7, 11) is 0. The summed E-state index contributed by atoms with van der Waals surface area (Å²) in [4.78, 5) is 24.9. The van der Waals surface area contributed by atoms with Gasteiger partial charge in [0.15, 0.2) is 0 Å². The van der Waals surface area contributed by atoms with Gasteiger partial charge in [0.1, 0.15) is 17.6 Å². The largest absolute Gasteiger partial charge is 0.478 e. The highest BCUT2D eigenvalue weighted by atomic mass is 79.9. The Labute approximate surface area is 131 Å². The van der Waals surface area contributed by atoms with Crippen LogP contribution in [0.1, 0.15) is 10.4 Å². The van der Waals surface area contributed by atoms with Crippen molar-refractivity contribution < 1.29 is 14.8 Å². The molecule has 0 fully saturated rings. The van der Waals surface area contributed by atoms with Crippen molar-refractivity contribution in [3.63, 3.8) is 0 Å². The van der Waals surface area contributed by atoms with E-state index in [4.69, 9.17) is 16.7 Å². The van der Waals surface area contributed by atoms with Gasteiger partial charge >= 0.3 is 5.97 Å². The van der Waals surface area contributed by atoms with Gasteiger partial charge < -0.3 is 10.4 Å². The van der Waals surface area contributed by atoms with Crippen LogP contribution in [0, 0.1) is 10.1 Å². The maximum absolute atomic E-state index is 11.2. The minimum absolute atomic E-state index is 0.0303. The highest BCUT2D eigenvalue weighted by molar-refractivity contribution is 9.10. The second-order valence-corrected chi connectivity index (χ2v) is 5.22. The number of nitrogens with one attached hydrogen (secondary N) is 1. The van der Waals surface area contributed by atoms with Gasteiger partial charge in [0.2, 0.25) is 0 Å². The van der Waals surface area contributed by atoms with E-state index in [-0.39, 0.29) is 11.4 Å². The van der Waals surface area contributed by atoms with Gasteiger partial charge in [-0.25, -0.2) is 9.78 Å². The zero-order chi connectivity index (χ0) is 15.6. The molecule has 1 aromatic carbocycles. The van der Waals surface area contributed by atoms with E-state index in [2.05, 4.69) is 26.2 Å². The fourth-order valence-corrected chi connectivity index (χ4v) is 2.26. The van der Waals surface area contributed by atoms with Crippen LogP contribution in [-0.4, -0.2) is 21.0 Å². The van der Waals surface area contributed by atoms with E-state index in [1.54, 1.807) is 18.2 Å². The molecule has 0 spiro atoms. The Kier molecular flexibility index (Phi) is 4.39. The zero-order valence-corrected chi connectivity index (χ0v) is 12.6. The topological polar surface area (TPSA) is 105 Å². The Morgan fingerprint density at radius 3 is 2.71 bits per heavy atom. The maximum atomic E-state index is 11.2. The van der Waals surface area contributed by atoms with Crippen LogP contribution in [0.3, 0.4) is 0 Å². The zero-order valence-electron chi connectivity index (χ0n) is 10.2. The number of aromatic nitrogens is 1. The molecule has 7 nitrogen and oxygen atoms in total. The van der Waals surface area contributed by atoms with E-state index in [1.807, 2.05) is 0 Å². The van der Waals surface area contributed by atoms with Gasteiger partial charge in [0.25, 0.3) is 5.69 Å². The van der Waals surface area contributed by atoms with E-state index < -0.39 is 16.6 Å². The van der Waals surface area contributed by atoms with E-state index in [0.29, 0.717) is 10.7 Å².